The molecule has 1 atom stereocenters. The van der Waals surface area contributed by atoms with E-state index in [0.717, 1.165) is 32.7 Å². The number of likely N-dealkylation sites (N-methyl/N-ethyl adjacent to an activating group) is 1. The molecular formula is C11H26N2O. The molecule has 2 N–H and O–H groups in total. The minimum Gasteiger partial charge on any atom is -0.383 e. The highest BCUT2D eigenvalue weighted by Crippen LogP contribution is 2.04. The predicted molar refractivity (Wildman–Crippen MR) is 61.4 cm³/mol. The van der Waals surface area contributed by atoms with Crippen LogP contribution in [0.4, 0.5) is 0 Å². The minimum atomic E-state index is 0.326. The van der Waals surface area contributed by atoms with Crippen molar-refractivity contribution in [3.05, 3.63) is 0 Å². The zero-order chi connectivity index (χ0) is 11.0. The highest BCUT2D eigenvalue weighted by Gasteiger charge is 2.09. The van der Waals surface area contributed by atoms with Gasteiger partial charge in [0.2, 0.25) is 0 Å². The van der Waals surface area contributed by atoms with Crippen LogP contribution < -0.4 is 5.73 Å². The van der Waals surface area contributed by atoms with E-state index < -0.39 is 0 Å². The summed E-state index contributed by atoms with van der Waals surface area (Å²) < 4.78 is 5.06. The van der Waals surface area contributed by atoms with Crippen molar-refractivity contribution in [2.45, 2.75) is 33.2 Å². The maximum Gasteiger partial charge on any atom is 0.0589 e. The van der Waals surface area contributed by atoms with Gasteiger partial charge in [-0.05, 0) is 25.4 Å². The Bertz CT molecular complexity index is 128. The standard InChI is InChI=1S/C11H26N2O/c1-5-13(8-9-14-4)7-6-11(12)10(2)3/h10-11H,5-9,12H2,1-4H3. The van der Waals surface area contributed by atoms with Gasteiger partial charge < -0.3 is 15.4 Å². The van der Waals surface area contributed by atoms with Crippen LogP contribution in [0, 0.1) is 5.92 Å². The van der Waals surface area contributed by atoms with Gasteiger partial charge in [-0.25, -0.2) is 0 Å². The van der Waals surface area contributed by atoms with Crippen molar-refractivity contribution >= 4 is 0 Å². The molecule has 0 amide bonds. The second-order valence-corrected chi connectivity index (χ2v) is 4.12. The summed E-state index contributed by atoms with van der Waals surface area (Å²) in [5.74, 6) is 0.580. The fourth-order valence-corrected chi connectivity index (χ4v) is 1.31. The first-order chi connectivity index (χ1) is 6.61. The van der Waals surface area contributed by atoms with Crippen LogP contribution in [0.5, 0.6) is 0 Å². The Morgan fingerprint density at radius 1 is 1.29 bits per heavy atom. The Hall–Kier alpha value is -0.120. The molecule has 3 nitrogen and oxygen atoms in total. The van der Waals surface area contributed by atoms with E-state index in [1.807, 2.05) is 0 Å². The van der Waals surface area contributed by atoms with Gasteiger partial charge in [-0.1, -0.05) is 20.8 Å². The summed E-state index contributed by atoms with van der Waals surface area (Å²) in [6.07, 6.45) is 1.08. The fourth-order valence-electron chi connectivity index (χ4n) is 1.31. The smallest absolute Gasteiger partial charge is 0.0589 e. The number of methoxy groups -OCH3 is 1. The van der Waals surface area contributed by atoms with E-state index in [9.17, 15) is 0 Å². The van der Waals surface area contributed by atoms with E-state index in [4.69, 9.17) is 10.5 Å². The van der Waals surface area contributed by atoms with E-state index >= 15 is 0 Å². The maximum atomic E-state index is 5.99. The van der Waals surface area contributed by atoms with Crippen LogP contribution in [0.25, 0.3) is 0 Å². The molecule has 0 fully saturated rings. The largest absolute Gasteiger partial charge is 0.383 e. The van der Waals surface area contributed by atoms with Crippen molar-refractivity contribution in [2.24, 2.45) is 11.7 Å². The van der Waals surface area contributed by atoms with Crippen molar-refractivity contribution in [3.63, 3.8) is 0 Å². The lowest BCUT2D eigenvalue weighted by Crippen LogP contribution is -2.34. The lowest BCUT2D eigenvalue weighted by Gasteiger charge is -2.23. The van der Waals surface area contributed by atoms with Gasteiger partial charge in [-0.15, -0.1) is 0 Å². The Kier molecular flexibility index (Phi) is 8.14. The third kappa shape index (κ3) is 6.35. The molecule has 0 bridgehead atoms. The van der Waals surface area contributed by atoms with Gasteiger partial charge in [0.1, 0.15) is 0 Å². The monoisotopic (exact) mass is 202 g/mol. The molecule has 0 aromatic heterocycles. The quantitative estimate of drug-likeness (QED) is 0.645. The first-order valence-corrected chi connectivity index (χ1v) is 5.58. The summed E-state index contributed by atoms with van der Waals surface area (Å²) in [7, 11) is 1.74. The van der Waals surface area contributed by atoms with Crippen molar-refractivity contribution < 1.29 is 4.74 Å². The average molecular weight is 202 g/mol. The molecule has 0 spiro atoms. The first kappa shape index (κ1) is 13.9. The van der Waals surface area contributed by atoms with Crippen molar-refractivity contribution in [2.75, 3.05) is 33.4 Å². The first-order valence-electron chi connectivity index (χ1n) is 5.58. The maximum absolute atomic E-state index is 5.99. The molecule has 0 aliphatic heterocycles. The third-order valence-electron chi connectivity index (χ3n) is 2.69. The normalized spacial score (nSPS) is 13.9. The van der Waals surface area contributed by atoms with Crippen molar-refractivity contribution in [3.8, 4) is 0 Å². The van der Waals surface area contributed by atoms with Crippen LogP contribution in [0.1, 0.15) is 27.2 Å². The van der Waals surface area contributed by atoms with Gasteiger partial charge in [0.05, 0.1) is 6.61 Å². The number of rotatable bonds is 8. The molecule has 0 saturated carbocycles. The third-order valence-corrected chi connectivity index (χ3v) is 2.69. The van der Waals surface area contributed by atoms with Crippen LogP contribution in [0.3, 0.4) is 0 Å². The summed E-state index contributed by atoms with van der Waals surface area (Å²) in [4.78, 5) is 2.38. The van der Waals surface area contributed by atoms with E-state index in [0.29, 0.717) is 12.0 Å². The lowest BCUT2D eigenvalue weighted by atomic mass is 10.0. The number of nitrogens with zero attached hydrogens (tertiary/aromatic N) is 1. The van der Waals surface area contributed by atoms with Gasteiger partial charge in [-0.3, -0.25) is 0 Å². The highest BCUT2D eigenvalue weighted by molar-refractivity contribution is 4.67. The minimum absolute atomic E-state index is 0.326. The summed E-state index contributed by atoms with van der Waals surface area (Å²) >= 11 is 0. The van der Waals surface area contributed by atoms with Crippen molar-refractivity contribution in [1.82, 2.24) is 4.90 Å². The second kappa shape index (κ2) is 8.21. The molecule has 14 heavy (non-hydrogen) atoms. The molecule has 0 radical (unpaired) electrons. The highest BCUT2D eigenvalue weighted by atomic mass is 16.5. The summed E-state index contributed by atoms with van der Waals surface area (Å²) in [5.41, 5.74) is 5.99. The molecule has 86 valence electrons. The van der Waals surface area contributed by atoms with Gasteiger partial charge >= 0.3 is 0 Å². The van der Waals surface area contributed by atoms with Crippen LogP contribution in [-0.2, 0) is 4.74 Å². The van der Waals surface area contributed by atoms with Gasteiger partial charge in [0, 0.05) is 19.7 Å². The number of ether oxygens (including phenoxy) is 1. The van der Waals surface area contributed by atoms with Crippen LogP contribution in [-0.4, -0.2) is 44.3 Å². The number of hydrogen-bond donors (Lipinski definition) is 1. The van der Waals surface area contributed by atoms with Gasteiger partial charge in [0.25, 0.3) is 0 Å². The van der Waals surface area contributed by atoms with E-state index in [2.05, 4.69) is 25.7 Å². The zero-order valence-corrected chi connectivity index (χ0v) is 10.1. The SMILES string of the molecule is CCN(CCOC)CCC(N)C(C)C. The van der Waals surface area contributed by atoms with E-state index in [1.54, 1.807) is 7.11 Å². The van der Waals surface area contributed by atoms with Crippen LogP contribution in [0.15, 0.2) is 0 Å². The molecule has 1 unspecified atom stereocenters. The Balaban J connectivity index is 3.60. The zero-order valence-electron chi connectivity index (χ0n) is 10.1. The Labute approximate surface area is 88.6 Å². The molecule has 0 aliphatic carbocycles. The van der Waals surface area contributed by atoms with Crippen LogP contribution >= 0.6 is 0 Å². The molecule has 0 heterocycles. The average Bonchev–Trinajstić information content (AvgIpc) is 2.17. The van der Waals surface area contributed by atoms with Gasteiger partial charge in [0.15, 0.2) is 0 Å². The predicted octanol–water partition coefficient (Wildman–Crippen LogP) is 1.33. The summed E-state index contributed by atoms with van der Waals surface area (Å²) in [6, 6.07) is 0.326. The van der Waals surface area contributed by atoms with E-state index in [-0.39, 0.29) is 0 Å². The summed E-state index contributed by atoms with van der Waals surface area (Å²) in [6.45, 7) is 10.5. The molecule has 0 aromatic rings. The molecular weight excluding hydrogens is 176 g/mol. The molecule has 0 rings (SSSR count). The molecule has 3 heteroatoms. The van der Waals surface area contributed by atoms with Crippen molar-refractivity contribution in [1.29, 1.82) is 0 Å². The lowest BCUT2D eigenvalue weighted by molar-refractivity contribution is 0.147. The Morgan fingerprint density at radius 3 is 2.36 bits per heavy atom. The van der Waals surface area contributed by atoms with E-state index in [1.165, 1.54) is 0 Å². The van der Waals surface area contributed by atoms with Gasteiger partial charge in [-0.2, -0.15) is 0 Å². The number of hydrogen-bond acceptors (Lipinski definition) is 3. The molecule has 0 aliphatic rings. The number of nitrogens with two attached hydrogens (primary N) is 1. The molecule has 0 saturated heterocycles. The Morgan fingerprint density at radius 2 is 1.93 bits per heavy atom. The van der Waals surface area contributed by atoms with Crippen LogP contribution in [0.2, 0.25) is 0 Å². The second-order valence-electron chi connectivity index (χ2n) is 4.12. The summed E-state index contributed by atoms with van der Waals surface area (Å²) in [5, 5.41) is 0. The topological polar surface area (TPSA) is 38.5 Å². The fraction of sp³-hybridized carbons (Fsp3) is 1.00. The molecule has 0 aromatic carbocycles.